The van der Waals surface area contributed by atoms with Crippen molar-refractivity contribution in [2.45, 2.75) is 39.7 Å². The molecule has 0 saturated carbocycles. The van der Waals surface area contributed by atoms with E-state index in [4.69, 9.17) is 14.6 Å². The lowest BCUT2D eigenvalue weighted by Crippen LogP contribution is -2.01. The molecule has 0 amide bonds. The molecule has 0 aliphatic carbocycles. The second-order valence-electron chi connectivity index (χ2n) is 5.62. The molecule has 1 N–H and O–H groups in total. The summed E-state index contributed by atoms with van der Waals surface area (Å²) in [5, 5.41) is 9.15. The summed E-state index contributed by atoms with van der Waals surface area (Å²) in [5.41, 5.74) is 4.67. The van der Waals surface area contributed by atoms with E-state index in [2.05, 4.69) is 12.7 Å². The maximum absolute atomic E-state index is 11.8. The van der Waals surface area contributed by atoms with Crippen molar-refractivity contribution in [3.8, 4) is 5.75 Å². The minimum absolute atomic E-state index is 0.196. The Morgan fingerprint density at radius 2 is 2.23 bits per heavy atom. The van der Waals surface area contributed by atoms with Gasteiger partial charge < -0.3 is 14.6 Å². The fourth-order valence-corrected chi connectivity index (χ4v) is 2.65. The number of carbonyl (C=O) groups is 1. The zero-order valence-electron chi connectivity index (χ0n) is 13.4. The van der Waals surface area contributed by atoms with E-state index in [1.807, 2.05) is 19.9 Å². The minimum Gasteiger partial charge on any atom is -0.513 e. The van der Waals surface area contributed by atoms with Crippen LogP contribution >= 0.6 is 0 Å². The van der Waals surface area contributed by atoms with E-state index in [-0.39, 0.29) is 11.7 Å². The topological polar surface area (TPSA) is 55.8 Å². The average molecular weight is 302 g/mol. The SMILES string of the molecule is C=C(O)CC/C(C)=C/Cc1cc2c(c(C)c1OC)COC2=O. The summed E-state index contributed by atoms with van der Waals surface area (Å²) >= 11 is 0. The van der Waals surface area contributed by atoms with Gasteiger partial charge in [0.25, 0.3) is 0 Å². The number of hydrogen-bond acceptors (Lipinski definition) is 4. The molecular weight excluding hydrogens is 280 g/mol. The van der Waals surface area contributed by atoms with Crippen LogP contribution in [0.3, 0.4) is 0 Å². The first-order valence-electron chi connectivity index (χ1n) is 7.32. The third-order valence-corrected chi connectivity index (χ3v) is 3.98. The summed E-state index contributed by atoms with van der Waals surface area (Å²) in [6.45, 7) is 7.78. The fraction of sp³-hybridized carbons (Fsp3) is 0.389. The summed E-state index contributed by atoms with van der Waals surface area (Å²) < 4.78 is 10.6. The van der Waals surface area contributed by atoms with Gasteiger partial charge in [0.15, 0.2) is 0 Å². The Bertz CT molecular complexity index is 641. The third-order valence-electron chi connectivity index (χ3n) is 3.98. The second kappa shape index (κ2) is 6.69. The van der Waals surface area contributed by atoms with Gasteiger partial charge in [-0.05, 0) is 43.9 Å². The minimum atomic E-state index is -0.265. The zero-order valence-corrected chi connectivity index (χ0v) is 13.4. The van der Waals surface area contributed by atoms with Gasteiger partial charge in [-0.3, -0.25) is 0 Å². The normalized spacial score (nSPS) is 13.8. The number of aliphatic hydroxyl groups excluding tert-OH is 1. The number of rotatable bonds is 6. The summed E-state index contributed by atoms with van der Waals surface area (Å²) in [4.78, 5) is 11.8. The number of benzene rings is 1. The number of cyclic esters (lactones) is 1. The number of ether oxygens (including phenoxy) is 2. The van der Waals surface area contributed by atoms with Crippen molar-refractivity contribution < 1.29 is 19.4 Å². The van der Waals surface area contributed by atoms with Crippen LogP contribution in [0.1, 0.15) is 46.8 Å². The molecule has 0 atom stereocenters. The molecule has 118 valence electrons. The predicted molar refractivity (Wildman–Crippen MR) is 85.3 cm³/mol. The Hall–Kier alpha value is -2.23. The third kappa shape index (κ3) is 3.32. The number of hydrogen-bond donors (Lipinski definition) is 1. The molecule has 0 saturated heterocycles. The van der Waals surface area contributed by atoms with Gasteiger partial charge in [0, 0.05) is 12.0 Å². The van der Waals surface area contributed by atoms with E-state index in [1.165, 1.54) is 0 Å². The van der Waals surface area contributed by atoms with Crippen molar-refractivity contribution >= 4 is 5.97 Å². The molecule has 0 radical (unpaired) electrons. The molecule has 0 bridgehead atoms. The van der Waals surface area contributed by atoms with Crippen LogP contribution in [-0.4, -0.2) is 18.2 Å². The van der Waals surface area contributed by atoms with Crippen LogP contribution in [0.5, 0.6) is 5.75 Å². The Balaban J connectivity index is 2.26. The van der Waals surface area contributed by atoms with Crippen molar-refractivity contribution in [3.63, 3.8) is 0 Å². The number of aliphatic hydroxyl groups is 1. The summed E-state index contributed by atoms with van der Waals surface area (Å²) in [7, 11) is 1.64. The molecule has 0 spiro atoms. The summed E-state index contributed by atoms with van der Waals surface area (Å²) in [5.74, 6) is 0.744. The van der Waals surface area contributed by atoms with Crippen LogP contribution in [0, 0.1) is 6.92 Å². The maximum atomic E-state index is 11.8. The van der Waals surface area contributed by atoms with Crippen LogP contribution in [0.2, 0.25) is 0 Å². The van der Waals surface area contributed by atoms with Crippen LogP contribution in [0.4, 0.5) is 0 Å². The Labute approximate surface area is 131 Å². The van der Waals surface area contributed by atoms with Gasteiger partial charge >= 0.3 is 5.97 Å². The molecule has 1 heterocycles. The van der Waals surface area contributed by atoms with Gasteiger partial charge in [0.2, 0.25) is 0 Å². The number of carbonyl (C=O) groups excluding carboxylic acids is 1. The number of esters is 1. The van der Waals surface area contributed by atoms with Crippen molar-refractivity contribution in [1.82, 2.24) is 0 Å². The molecule has 0 fully saturated rings. The quantitative estimate of drug-likeness (QED) is 0.490. The van der Waals surface area contributed by atoms with E-state index >= 15 is 0 Å². The highest BCUT2D eigenvalue weighted by Crippen LogP contribution is 2.34. The van der Waals surface area contributed by atoms with E-state index in [0.29, 0.717) is 25.0 Å². The lowest BCUT2D eigenvalue weighted by molar-refractivity contribution is 0.0535. The van der Waals surface area contributed by atoms with Crippen LogP contribution < -0.4 is 4.74 Å². The van der Waals surface area contributed by atoms with Gasteiger partial charge in [-0.25, -0.2) is 4.79 Å². The molecule has 4 nitrogen and oxygen atoms in total. The fourth-order valence-electron chi connectivity index (χ4n) is 2.65. The first-order valence-corrected chi connectivity index (χ1v) is 7.32. The molecular formula is C18H22O4. The summed E-state index contributed by atoms with van der Waals surface area (Å²) in [6.07, 6.45) is 4.10. The Morgan fingerprint density at radius 1 is 1.50 bits per heavy atom. The smallest absolute Gasteiger partial charge is 0.338 e. The standard InChI is InChI=1S/C18H22O4/c1-11(5-7-12(2)19)6-8-14-9-15-16(10-22-18(15)20)13(3)17(14)21-4/h6,9,19H,2,5,7-8,10H2,1,3-4H3/b11-6+. The first-order chi connectivity index (χ1) is 10.4. The van der Waals surface area contributed by atoms with E-state index < -0.39 is 0 Å². The second-order valence-corrected chi connectivity index (χ2v) is 5.62. The van der Waals surface area contributed by atoms with Crippen LogP contribution in [0.15, 0.2) is 30.1 Å². The molecule has 4 heteroatoms. The largest absolute Gasteiger partial charge is 0.513 e. The zero-order chi connectivity index (χ0) is 16.3. The molecule has 0 aromatic heterocycles. The first kappa shape index (κ1) is 16.1. The van der Waals surface area contributed by atoms with Gasteiger partial charge in [-0.15, -0.1) is 0 Å². The van der Waals surface area contributed by atoms with E-state index in [0.717, 1.165) is 34.4 Å². The lowest BCUT2D eigenvalue weighted by atomic mass is 9.96. The number of methoxy groups -OCH3 is 1. The van der Waals surface area contributed by atoms with Gasteiger partial charge in [-0.2, -0.15) is 0 Å². The highest BCUT2D eigenvalue weighted by atomic mass is 16.5. The average Bonchev–Trinajstić information content (AvgIpc) is 2.85. The molecule has 1 aromatic rings. The molecule has 1 aromatic carbocycles. The van der Waals surface area contributed by atoms with Crippen molar-refractivity contribution in [3.05, 3.63) is 52.3 Å². The van der Waals surface area contributed by atoms with Crippen molar-refractivity contribution in [2.24, 2.45) is 0 Å². The van der Waals surface area contributed by atoms with Gasteiger partial charge in [0.1, 0.15) is 12.4 Å². The van der Waals surface area contributed by atoms with Crippen molar-refractivity contribution in [2.75, 3.05) is 7.11 Å². The number of allylic oxidation sites excluding steroid dienone is 3. The highest BCUT2D eigenvalue weighted by molar-refractivity contribution is 5.94. The van der Waals surface area contributed by atoms with Crippen molar-refractivity contribution in [1.29, 1.82) is 0 Å². The number of fused-ring (bicyclic) bond motifs is 1. The van der Waals surface area contributed by atoms with Gasteiger partial charge in [-0.1, -0.05) is 18.2 Å². The van der Waals surface area contributed by atoms with Gasteiger partial charge in [0.05, 0.1) is 18.4 Å². The van der Waals surface area contributed by atoms with E-state index in [9.17, 15) is 4.79 Å². The maximum Gasteiger partial charge on any atom is 0.338 e. The summed E-state index contributed by atoms with van der Waals surface area (Å²) in [6, 6.07) is 1.87. The predicted octanol–water partition coefficient (Wildman–Crippen LogP) is 4.01. The lowest BCUT2D eigenvalue weighted by Gasteiger charge is -2.13. The monoisotopic (exact) mass is 302 g/mol. The molecule has 2 rings (SSSR count). The highest BCUT2D eigenvalue weighted by Gasteiger charge is 2.26. The molecule has 1 aliphatic rings. The van der Waals surface area contributed by atoms with E-state index in [1.54, 1.807) is 7.11 Å². The molecule has 1 aliphatic heterocycles. The Morgan fingerprint density at radius 3 is 2.86 bits per heavy atom. The van der Waals surface area contributed by atoms with Crippen LogP contribution in [0.25, 0.3) is 0 Å². The molecule has 0 unspecified atom stereocenters. The molecule has 22 heavy (non-hydrogen) atoms. The Kier molecular flexibility index (Phi) is 4.91. The van der Waals surface area contributed by atoms with Crippen LogP contribution in [-0.2, 0) is 17.8 Å².